The van der Waals surface area contributed by atoms with Crippen molar-refractivity contribution in [3.8, 4) is 0 Å². The summed E-state index contributed by atoms with van der Waals surface area (Å²) in [6.07, 6.45) is 0.526. The molecule has 0 amide bonds. The number of nitrogens with zero attached hydrogens (tertiary/aromatic N) is 1. The Labute approximate surface area is 80.3 Å². The van der Waals surface area contributed by atoms with E-state index in [0.717, 1.165) is 5.56 Å². The van der Waals surface area contributed by atoms with E-state index in [4.69, 9.17) is 10.3 Å². The average molecular weight is 192 g/mol. The van der Waals surface area contributed by atoms with Crippen molar-refractivity contribution in [1.29, 1.82) is 0 Å². The highest BCUT2D eigenvalue weighted by Gasteiger charge is 2.02. The second-order valence-corrected chi connectivity index (χ2v) is 3.03. The highest BCUT2D eigenvalue weighted by molar-refractivity contribution is 5.28. The minimum Gasteiger partial charge on any atom is -0.368 e. The van der Waals surface area contributed by atoms with Gasteiger partial charge in [0.05, 0.1) is 5.69 Å². The Balaban J connectivity index is 2.18. The standard InChI is InChI=1S/C10H9FN2O/c11-8-3-1-2-7(4-8)5-9-6-10(12)14-13-9/h1-4,6H,5,12H2. The van der Waals surface area contributed by atoms with Crippen LogP contribution in [0.25, 0.3) is 0 Å². The fourth-order valence-corrected chi connectivity index (χ4v) is 1.27. The summed E-state index contributed by atoms with van der Waals surface area (Å²) in [5.74, 6) is 0.0235. The molecule has 0 aliphatic rings. The van der Waals surface area contributed by atoms with E-state index in [1.807, 2.05) is 6.07 Å². The van der Waals surface area contributed by atoms with Gasteiger partial charge in [-0.05, 0) is 17.7 Å². The van der Waals surface area contributed by atoms with Gasteiger partial charge < -0.3 is 10.3 Å². The first-order chi connectivity index (χ1) is 6.74. The van der Waals surface area contributed by atoms with Crippen molar-refractivity contribution in [3.05, 3.63) is 47.4 Å². The summed E-state index contributed by atoms with van der Waals surface area (Å²) in [7, 11) is 0. The third-order valence-corrected chi connectivity index (χ3v) is 1.85. The number of aromatic nitrogens is 1. The van der Waals surface area contributed by atoms with Gasteiger partial charge in [0.1, 0.15) is 5.82 Å². The van der Waals surface area contributed by atoms with Crippen LogP contribution in [0.1, 0.15) is 11.3 Å². The Kier molecular flexibility index (Phi) is 2.18. The molecule has 0 saturated carbocycles. The van der Waals surface area contributed by atoms with E-state index in [-0.39, 0.29) is 11.7 Å². The smallest absolute Gasteiger partial charge is 0.222 e. The van der Waals surface area contributed by atoms with Crippen molar-refractivity contribution < 1.29 is 8.91 Å². The molecule has 1 heterocycles. The summed E-state index contributed by atoms with van der Waals surface area (Å²) >= 11 is 0. The molecule has 1 aromatic carbocycles. The first-order valence-corrected chi connectivity index (χ1v) is 4.19. The van der Waals surface area contributed by atoms with Crippen LogP contribution in [0.15, 0.2) is 34.9 Å². The van der Waals surface area contributed by atoms with Gasteiger partial charge in [-0.25, -0.2) is 4.39 Å². The molecule has 2 N–H and O–H groups in total. The van der Waals surface area contributed by atoms with Gasteiger partial charge in [0.2, 0.25) is 5.88 Å². The third kappa shape index (κ3) is 1.90. The Morgan fingerprint density at radius 3 is 2.86 bits per heavy atom. The van der Waals surface area contributed by atoms with Crippen LogP contribution in [-0.4, -0.2) is 5.16 Å². The first-order valence-electron chi connectivity index (χ1n) is 4.19. The molecule has 0 spiro atoms. The molecule has 2 rings (SSSR count). The lowest BCUT2D eigenvalue weighted by atomic mass is 10.1. The van der Waals surface area contributed by atoms with Crippen LogP contribution >= 0.6 is 0 Å². The molecule has 0 bridgehead atoms. The molecule has 0 aliphatic heterocycles. The van der Waals surface area contributed by atoms with E-state index in [1.165, 1.54) is 12.1 Å². The maximum atomic E-state index is 12.8. The van der Waals surface area contributed by atoms with Crippen LogP contribution in [-0.2, 0) is 6.42 Å². The van der Waals surface area contributed by atoms with E-state index in [1.54, 1.807) is 12.1 Å². The van der Waals surface area contributed by atoms with Crippen LogP contribution in [0.4, 0.5) is 10.3 Å². The van der Waals surface area contributed by atoms with Gasteiger partial charge in [-0.15, -0.1) is 0 Å². The minimum absolute atomic E-state index is 0.251. The molecule has 14 heavy (non-hydrogen) atoms. The van der Waals surface area contributed by atoms with Gasteiger partial charge >= 0.3 is 0 Å². The van der Waals surface area contributed by atoms with Crippen LogP contribution in [0.5, 0.6) is 0 Å². The zero-order chi connectivity index (χ0) is 9.97. The number of hydrogen-bond donors (Lipinski definition) is 1. The summed E-state index contributed by atoms with van der Waals surface area (Å²) in [5.41, 5.74) is 6.91. The Morgan fingerprint density at radius 2 is 2.21 bits per heavy atom. The van der Waals surface area contributed by atoms with Crippen LogP contribution in [0.3, 0.4) is 0 Å². The fourth-order valence-electron chi connectivity index (χ4n) is 1.27. The van der Waals surface area contributed by atoms with Crippen molar-refractivity contribution in [1.82, 2.24) is 5.16 Å². The molecule has 0 saturated heterocycles. The van der Waals surface area contributed by atoms with E-state index in [0.29, 0.717) is 12.1 Å². The number of anilines is 1. The molecule has 0 unspecified atom stereocenters. The Bertz CT molecular complexity index is 439. The first kappa shape index (κ1) is 8.74. The predicted molar refractivity (Wildman–Crippen MR) is 50.1 cm³/mol. The average Bonchev–Trinajstić information content (AvgIpc) is 2.51. The second-order valence-electron chi connectivity index (χ2n) is 3.03. The molecule has 0 fully saturated rings. The number of nitrogens with two attached hydrogens (primary N) is 1. The molecule has 0 radical (unpaired) electrons. The van der Waals surface area contributed by atoms with Crippen molar-refractivity contribution in [2.45, 2.75) is 6.42 Å². The lowest BCUT2D eigenvalue weighted by Gasteiger charge is -1.96. The highest BCUT2D eigenvalue weighted by Crippen LogP contribution is 2.11. The normalized spacial score (nSPS) is 10.4. The zero-order valence-corrected chi connectivity index (χ0v) is 7.40. The number of halogens is 1. The quantitative estimate of drug-likeness (QED) is 0.791. The zero-order valence-electron chi connectivity index (χ0n) is 7.40. The maximum Gasteiger partial charge on any atom is 0.222 e. The number of hydrogen-bond acceptors (Lipinski definition) is 3. The number of nitrogen functional groups attached to an aromatic ring is 1. The van der Waals surface area contributed by atoms with Crippen molar-refractivity contribution in [2.75, 3.05) is 5.73 Å². The SMILES string of the molecule is Nc1cc(Cc2cccc(F)c2)no1. The highest BCUT2D eigenvalue weighted by atomic mass is 19.1. The van der Waals surface area contributed by atoms with Crippen LogP contribution in [0, 0.1) is 5.82 Å². The lowest BCUT2D eigenvalue weighted by molar-refractivity contribution is 0.429. The predicted octanol–water partition coefficient (Wildman–Crippen LogP) is 1.99. The van der Waals surface area contributed by atoms with E-state index in [2.05, 4.69) is 5.16 Å². The van der Waals surface area contributed by atoms with Gasteiger partial charge in [0.15, 0.2) is 0 Å². The van der Waals surface area contributed by atoms with Crippen molar-refractivity contribution in [2.24, 2.45) is 0 Å². The third-order valence-electron chi connectivity index (χ3n) is 1.85. The van der Waals surface area contributed by atoms with E-state index in [9.17, 15) is 4.39 Å². The molecule has 72 valence electrons. The monoisotopic (exact) mass is 192 g/mol. The summed E-state index contributed by atoms with van der Waals surface area (Å²) in [6, 6.07) is 7.98. The molecule has 1 aromatic heterocycles. The molecule has 0 atom stereocenters. The van der Waals surface area contributed by atoms with Gasteiger partial charge in [0, 0.05) is 12.5 Å². The summed E-state index contributed by atoms with van der Waals surface area (Å²) in [4.78, 5) is 0. The molecule has 2 aromatic rings. The molecular weight excluding hydrogens is 183 g/mol. The largest absolute Gasteiger partial charge is 0.368 e. The number of rotatable bonds is 2. The van der Waals surface area contributed by atoms with Gasteiger partial charge in [0.25, 0.3) is 0 Å². The van der Waals surface area contributed by atoms with Gasteiger partial charge in [-0.3, -0.25) is 0 Å². The molecule has 0 aliphatic carbocycles. The van der Waals surface area contributed by atoms with Crippen LogP contribution in [0.2, 0.25) is 0 Å². The van der Waals surface area contributed by atoms with E-state index >= 15 is 0 Å². The maximum absolute atomic E-state index is 12.8. The minimum atomic E-state index is -0.251. The molecule has 3 nitrogen and oxygen atoms in total. The molecule has 4 heteroatoms. The van der Waals surface area contributed by atoms with Crippen LogP contribution < -0.4 is 5.73 Å². The topological polar surface area (TPSA) is 52.0 Å². The fraction of sp³-hybridized carbons (Fsp3) is 0.100. The Hall–Kier alpha value is -1.84. The van der Waals surface area contributed by atoms with Gasteiger partial charge in [-0.1, -0.05) is 17.3 Å². The Morgan fingerprint density at radius 1 is 1.36 bits per heavy atom. The summed E-state index contributed by atoms with van der Waals surface area (Å²) < 4.78 is 17.5. The van der Waals surface area contributed by atoms with Crippen molar-refractivity contribution in [3.63, 3.8) is 0 Å². The van der Waals surface area contributed by atoms with Gasteiger partial charge in [-0.2, -0.15) is 0 Å². The number of benzene rings is 1. The molecular formula is C10H9FN2O. The summed E-state index contributed by atoms with van der Waals surface area (Å²) in [6.45, 7) is 0. The van der Waals surface area contributed by atoms with E-state index < -0.39 is 0 Å². The lowest BCUT2D eigenvalue weighted by Crippen LogP contribution is -1.88. The summed E-state index contributed by atoms with van der Waals surface area (Å²) in [5, 5.41) is 3.72. The second kappa shape index (κ2) is 3.49. The van der Waals surface area contributed by atoms with Crippen molar-refractivity contribution >= 4 is 5.88 Å².